The number of halogens is 2. The van der Waals surface area contributed by atoms with Crippen LogP contribution in [0.4, 0.5) is 4.39 Å². The topological polar surface area (TPSA) is 63.8 Å². The third kappa shape index (κ3) is 4.62. The fraction of sp³-hybridized carbons (Fsp3) is 0.696. The molecule has 4 nitrogen and oxygen atoms in total. The maximum absolute atomic E-state index is 13.2. The Labute approximate surface area is 179 Å². The van der Waals surface area contributed by atoms with Crippen molar-refractivity contribution < 1.29 is 14.7 Å². The Balaban J connectivity index is 0.00000120. The number of nitrogens with one attached hydrogen (secondary N) is 1. The van der Waals surface area contributed by atoms with Gasteiger partial charge in [0.05, 0.1) is 0 Å². The van der Waals surface area contributed by atoms with Gasteiger partial charge in [-0.15, -0.1) is 12.4 Å². The number of carbonyl (C=O) groups excluding carboxylic acids is 1. The molecule has 3 N–H and O–H groups in total. The molecule has 1 aromatic carbocycles. The van der Waals surface area contributed by atoms with Gasteiger partial charge in [-0.05, 0) is 86.8 Å². The average molecular weight is 425 g/mol. The maximum Gasteiger partial charge on any atom is 0.226 e. The van der Waals surface area contributed by atoms with E-state index in [-0.39, 0.29) is 29.1 Å². The van der Waals surface area contributed by atoms with Crippen LogP contribution < -0.4 is 5.32 Å². The summed E-state index contributed by atoms with van der Waals surface area (Å²) in [5.41, 5.74) is 1.15. The first-order valence-electron chi connectivity index (χ1n) is 10.9. The number of benzene rings is 1. The van der Waals surface area contributed by atoms with Gasteiger partial charge in [0.1, 0.15) is 5.82 Å². The first-order valence-corrected chi connectivity index (χ1v) is 10.9. The van der Waals surface area contributed by atoms with E-state index in [4.69, 9.17) is 0 Å². The first-order chi connectivity index (χ1) is 13.1. The molecule has 6 heteroatoms. The normalized spacial score (nSPS) is 35.1. The highest BCUT2D eigenvalue weighted by molar-refractivity contribution is 5.85. The SMILES string of the molecule is Cl.O.O=C(N[C@H]1CCN(CCc2ccc(F)cc2)C1)C12CC3CC(CC(C3)C1)C2. The summed E-state index contributed by atoms with van der Waals surface area (Å²) in [6.07, 6.45) is 9.58. The Bertz CT molecular complexity index is 676. The van der Waals surface area contributed by atoms with Crippen molar-refractivity contribution in [3.63, 3.8) is 0 Å². The lowest BCUT2D eigenvalue weighted by molar-refractivity contribution is -0.146. The van der Waals surface area contributed by atoms with E-state index in [9.17, 15) is 9.18 Å². The molecule has 0 aromatic heterocycles. The summed E-state index contributed by atoms with van der Waals surface area (Å²) in [6, 6.07) is 7.12. The van der Waals surface area contributed by atoms with E-state index < -0.39 is 0 Å². The molecule has 0 radical (unpaired) electrons. The van der Waals surface area contributed by atoms with E-state index in [0.29, 0.717) is 11.9 Å². The zero-order valence-electron chi connectivity index (χ0n) is 17.0. The Kier molecular flexibility index (Phi) is 6.91. The van der Waals surface area contributed by atoms with E-state index in [1.54, 1.807) is 0 Å². The Morgan fingerprint density at radius 3 is 2.24 bits per heavy atom. The van der Waals surface area contributed by atoms with Gasteiger partial charge in [-0.3, -0.25) is 4.79 Å². The summed E-state index contributed by atoms with van der Waals surface area (Å²) >= 11 is 0. The molecule has 0 unspecified atom stereocenters. The number of hydrogen-bond acceptors (Lipinski definition) is 2. The van der Waals surface area contributed by atoms with Crippen LogP contribution in [0.1, 0.15) is 50.5 Å². The summed E-state index contributed by atoms with van der Waals surface area (Å²) in [5, 5.41) is 3.44. The molecular weight excluding hydrogens is 391 g/mol. The lowest BCUT2D eigenvalue weighted by Gasteiger charge is -2.55. The zero-order valence-corrected chi connectivity index (χ0v) is 17.9. The number of nitrogens with zero attached hydrogens (tertiary/aromatic N) is 1. The van der Waals surface area contributed by atoms with Gasteiger partial charge < -0.3 is 15.7 Å². The monoisotopic (exact) mass is 424 g/mol. The van der Waals surface area contributed by atoms with Crippen molar-refractivity contribution in [1.29, 1.82) is 0 Å². The molecule has 1 aromatic rings. The highest BCUT2D eigenvalue weighted by atomic mass is 35.5. The van der Waals surface area contributed by atoms with Crippen molar-refractivity contribution in [3.05, 3.63) is 35.6 Å². The molecule has 1 heterocycles. The molecule has 0 spiro atoms. The van der Waals surface area contributed by atoms with Crippen molar-refractivity contribution in [1.82, 2.24) is 10.2 Å². The van der Waals surface area contributed by atoms with Gasteiger partial charge in [-0.25, -0.2) is 4.39 Å². The summed E-state index contributed by atoms with van der Waals surface area (Å²) in [6.45, 7) is 2.99. The molecule has 1 amide bonds. The van der Waals surface area contributed by atoms with E-state index in [0.717, 1.165) is 69.5 Å². The molecule has 5 aliphatic rings. The first kappa shape index (κ1) is 22.5. The number of hydrogen-bond donors (Lipinski definition) is 1. The van der Waals surface area contributed by atoms with Crippen LogP contribution in [0.25, 0.3) is 0 Å². The summed E-state index contributed by atoms with van der Waals surface area (Å²) in [5.74, 6) is 2.65. The molecule has 6 rings (SSSR count). The van der Waals surface area contributed by atoms with Gasteiger partial charge >= 0.3 is 0 Å². The number of rotatable bonds is 5. The van der Waals surface area contributed by atoms with Gasteiger partial charge in [0.25, 0.3) is 0 Å². The van der Waals surface area contributed by atoms with Crippen molar-refractivity contribution in [2.45, 2.75) is 57.4 Å². The minimum absolute atomic E-state index is 0. The summed E-state index contributed by atoms with van der Waals surface area (Å²) < 4.78 is 13.0. The molecular formula is C23H34ClFN2O2. The highest BCUT2D eigenvalue weighted by Gasteiger charge is 2.54. The maximum atomic E-state index is 13.2. The smallest absolute Gasteiger partial charge is 0.226 e. The van der Waals surface area contributed by atoms with Gasteiger partial charge in [0, 0.05) is 31.1 Å². The highest BCUT2D eigenvalue weighted by Crippen LogP contribution is 2.60. The Morgan fingerprint density at radius 2 is 1.66 bits per heavy atom. The van der Waals surface area contributed by atoms with Crippen LogP contribution >= 0.6 is 12.4 Å². The van der Waals surface area contributed by atoms with Crippen molar-refractivity contribution >= 4 is 18.3 Å². The van der Waals surface area contributed by atoms with Crippen LogP contribution in [-0.2, 0) is 11.2 Å². The van der Waals surface area contributed by atoms with Crippen molar-refractivity contribution in [2.75, 3.05) is 19.6 Å². The number of likely N-dealkylation sites (tertiary alicyclic amines) is 1. The molecule has 4 aliphatic carbocycles. The van der Waals surface area contributed by atoms with E-state index in [1.807, 2.05) is 12.1 Å². The van der Waals surface area contributed by atoms with Crippen LogP contribution in [0, 0.1) is 29.0 Å². The second-order valence-electron chi connectivity index (χ2n) is 9.83. The predicted molar refractivity (Wildman–Crippen MR) is 115 cm³/mol. The molecule has 5 fully saturated rings. The average Bonchev–Trinajstić information content (AvgIpc) is 3.07. The van der Waals surface area contributed by atoms with E-state index >= 15 is 0 Å². The zero-order chi connectivity index (χ0) is 18.4. The third-order valence-electron chi connectivity index (χ3n) is 7.76. The van der Waals surface area contributed by atoms with Crippen molar-refractivity contribution in [2.24, 2.45) is 23.2 Å². The van der Waals surface area contributed by atoms with Crippen LogP contribution in [0.2, 0.25) is 0 Å². The summed E-state index contributed by atoms with van der Waals surface area (Å²) in [4.78, 5) is 15.6. The molecule has 29 heavy (non-hydrogen) atoms. The number of carbonyl (C=O) groups is 1. The van der Waals surface area contributed by atoms with E-state index in [2.05, 4.69) is 10.2 Å². The van der Waals surface area contributed by atoms with E-state index in [1.165, 1.54) is 37.0 Å². The second-order valence-corrected chi connectivity index (χ2v) is 9.83. The van der Waals surface area contributed by atoms with Gasteiger partial charge in [0.15, 0.2) is 0 Å². The third-order valence-corrected chi connectivity index (χ3v) is 7.76. The molecule has 1 aliphatic heterocycles. The Hall–Kier alpha value is -1.17. The molecule has 4 bridgehead atoms. The molecule has 162 valence electrons. The second kappa shape index (κ2) is 8.91. The fourth-order valence-corrected chi connectivity index (χ4v) is 6.82. The summed E-state index contributed by atoms with van der Waals surface area (Å²) in [7, 11) is 0. The van der Waals surface area contributed by atoms with Crippen LogP contribution in [0.3, 0.4) is 0 Å². The quantitative estimate of drug-likeness (QED) is 0.787. The molecule has 4 saturated carbocycles. The number of amides is 1. The Morgan fingerprint density at radius 1 is 1.07 bits per heavy atom. The lowest BCUT2D eigenvalue weighted by atomic mass is 9.49. The fourth-order valence-electron chi connectivity index (χ4n) is 6.82. The standard InChI is InChI=1S/C23H31FN2O.ClH.H2O/c24-20-3-1-16(2-4-20)5-7-26-8-6-21(15-26)25-22(27)23-12-17-9-18(13-23)11-19(10-17)14-23;;/h1-4,17-19,21H,5-15H2,(H,25,27);1H;1H2/t17?,18?,19?,21-,23?;;/m0../s1. The largest absolute Gasteiger partial charge is 0.412 e. The van der Waals surface area contributed by atoms with Crippen molar-refractivity contribution in [3.8, 4) is 0 Å². The van der Waals surface area contributed by atoms with Gasteiger partial charge in [0.2, 0.25) is 5.91 Å². The predicted octanol–water partition coefficient (Wildman–Crippen LogP) is 3.37. The van der Waals surface area contributed by atoms with Gasteiger partial charge in [-0.2, -0.15) is 0 Å². The van der Waals surface area contributed by atoms with Crippen LogP contribution in [0.5, 0.6) is 0 Å². The van der Waals surface area contributed by atoms with Crippen LogP contribution in [0.15, 0.2) is 24.3 Å². The minimum Gasteiger partial charge on any atom is -0.412 e. The van der Waals surface area contributed by atoms with Gasteiger partial charge in [-0.1, -0.05) is 12.1 Å². The minimum atomic E-state index is -0.174. The molecule has 1 atom stereocenters. The van der Waals surface area contributed by atoms with Crippen LogP contribution in [-0.4, -0.2) is 42.0 Å². The molecule has 1 saturated heterocycles. The lowest BCUT2D eigenvalue weighted by Crippen LogP contribution is -2.55.